The van der Waals surface area contributed by atoms with Gasteiger partial charge in [-0.25, -0.2) is 9.78 Å². The topological polar surface area (TPSA) is 111 Å². The molecule has 0 saturated heterocycles. The molecule has 2 aliphatic heterocycles. The summed E-state index contributed by atoms with van der Waals surface area (Å²) < 4.78 is 56.7. The summed E-state index contributed by atoms with van der Waals surface area (Å²) in [5.74, 6) is 1.78. The third-order valence-corrected chi connectivity index (χ3v) is 6.72. The van der Waals surface area contributed by atoms with Crippen molar-refractivity contribution in [2.75, 3.05) is 17.7 Å². The van der Waals surface area contributed by atoms with Crippen molar-refractivity contribution in [3.05, 3.63) is 65.4 Å². The van der Waals surface area contributed by atoms with E-state index in [9.17, 15) is 22.8 Å². The molecule has 1 aliphatic carbocycles. The van der Waals surface area contributed by atoms with Crippen LogP contribution in [0.15, 0.2) is 48.7 Å². The van der Waals surface area contributed by atoms with Crippen LogP contribution < -0.4 is 30.2 Å². The monoisotopic (exact) mass is 526 g/mol. The summed E-state index contributed by atoms with van der Waals surface area (Å²) in [5, 5.41) is 7.95. The van der Waals surface area contributed by atoms with Gasteiger partial charge in [-0.15, -0.1) is 0 Å². The number of urea groups is 1. The quantitative estimate of drug-likeness (QED) is 0.439. The van der Waals surface area contributed by atoms with Gasteiger partial charge in [-0.05, 0) is 48.9 Å². The number of benzene rings is 2. The van der Waals surface area contributed by atoms with Crippen molar-refractivity contribution in [2.24, 2.45) is 0 Å². The molecule has 12 heteroatoms. The molecule has 0 spiro atoms. The van der Waals surface area contributed by atoms with E-state index in [-0.39, 0.29) is 35.4 Å². The zero-order valence-electron chi connectivity index (χ0n) is 19.9. The van der Waals surface area contributed by atoms with E-state index in [1.165, 1.54) is 6.07 Å². The van der Waals surface area contributed by atoms with Crippen molar-refractivity contribution in [1.82, 2.24) is 10.3 Å². The first-order valence-electron chi connectivity index (χ1n) is 11.8. The van der Waals surface area contributed by atoms with Crippen molar-refractivity contribution in [3.63, 3.8) is 0 Å². The number of rotatable bonds is 5. The first kappa shape index (κ1) is 23.9. The van der Waals surface area contributed by atoms with Crippen LogP contribution in [0.5, 0.6) is 23.0 Å². The number of carbonyl (C=O) groups is 2. The lowest BCUT2D eigenvalue weighted by molar-refractivity contribution is -0.138. The first-order valence-corrected chi connectivity index (χ1v) is 11.8. The van der Waals surface area contributed by atoms with Gasteiger partial charge in [0.25, 0.3) is 0 Å². The maximum absolute atomic E-state index is 13.3. The first-order chi connectivity index (χ1) is 18.2. The molecule has 0 bridgehead atoms. The van der Waals surface area contributed by atoms with Crippen LogP contribution in [0.3, 0.4) is 0 Å². The molecule has 1 fully saturated rings. The Morgan fingerprint density at radius 3 is 2.76 bits per heavy atom. The van der Waals surface area contributed by atoms with Crippen LogP contribution in [0, 0.1) is 0 Å². The Labute approximate surface area is 214 Å². The van der Waals surface area contributed by atoms with Gasteiger partial charge in [0.15, 0.2) is 0 Å². The minimum absolute atomic E-state index is 0.0182. The summed E-state index contributed by atoms with van der Waals surface area (Å²) >= 11 is 0. The number of aromatic nitrogens is 1. The number of hydrogen-bond acceptors (Lipinski definition) is 6. The number of methoxy groups -OCH3 is 1. The fraction of sp³-hybridized carbons (Fsp3) is 0.269. The Hall–Kier alpha value is -4.48. The second kappa shape index (κ2) is 8.82. The van der Waals surface area contributed by atoms with E-state index in [4.69, 9.17) is 14.2 Å². The van der Waals surface area contributed by atoms with Crippen molar-refractivity contribution < 1.29 is 37.0 Å². The number of alkyl halides is 3. The largest absolute Gasteiger partial charge is 0.496 e. The standard InChI is InChI=1S/C26H21F3N4O5/c1-36-19-5-2-12(10-16(19)26(27,28)29)31-25(35)33-22-21-15-11-13(3-6-17(15)38-23(21)22)37-18-8-9-30-24-14(18)4-7-20(34)32-24/h2-3,5-6,8-11,21-23H,4,7H2,1H3,(H,30,32,34)(H2,31,33,35)/t21-,22?,23-/m0/s1. The van der Waals surface area contributed by atoms with Crippen LogP contribution in [-0.4, -0.2) is 36.2 Å². The number of pyridine rings is 1. The zero-order chi connectivity index (χ0) is 26.6. The number of carbonyl (C=O) groups excluding carboxylic acids is 2. The minimum atomic E-state index is -4.63. The van der Waals surface area contributed by atoms with E-state index >= 15 is 0 Å². The fourth-order valence-electron chi connectivity index (χ4n) is 4.88. The Balaban J connectivity index is 1.13. The van der Waals surface area contributed by atoms with Gasteiger partial charge >= 0.3 is 12.2 Å². The molecule has 3 atom stereocenters. The van der Waals surface area contributed by atoms with Crippen LogP contribution in [0.2, 0.25) is 0 Å². The van der Waals surface area contributed by atoms with Gasteiger partial charge in [0.05, 0.1) is 24.6 Å². The fourth-order valence-corrected chi connectivity index (χ4v) is 4.88. The number of anilines is 2. The van der Waals surface area contributed by atoms with E-state index < -0.39 is 17.8 Å². The Bertz CT molecular complexity index is 1460. The summed E-state index contributed by atoms with van der Waals surface area (Å²) in [4.78, 5) is 28.4. The Kier molecular flexibility index (Phi) is 5.55. The predicted octanol–water partition coefficient (Wildman–Crippen LogP) is 4.83. The molecule has 3 aromatic rings. The van der Waals surface area contributed by atoms with Gasteiger partial charge in [0, 0.05) is 29.4 Å². The second-order valence-electron chi connectivity index (χ2n) is 9.13. The SMILES string of the molecule is COc1ccc(NC(=O)NC2[C@H]3Oc4ccc(Oc5ccnc6c5CCC(=O)N6)cc4[C@@H]23)cc1C(F)(F)F. The number of amides is 3. The predicted molar refractivity (Wildman–Crippen MR) is 129 cm³/mol. The minimum Gasteiger partial charge on any atom is -0.496 e. The van der Waals surface area contributed by atoms with Gasteiger partial charge in [-0.3, -0.25) is 4.79 Å². The molecule has 2 aromatic carbocycles. The summed E-state index contributed by atoms with van der Waals surface area (Å²) in [5.41, 5.74) is 0.674. The van der Waals surface area contributed by atoms with Gasteiger partial charge in [0.2, 0.25) is 5.91 Å². The van der Waals surface area contributed by atoms with Gasteiger partial charge in [0.1, 0.15) is 34.9 Å². The highest BCUT2D eigenvalue weighted by Gasteiger charge is 2.59. The number of halogens is 3. The molecular formula is C26H21F3N4O5. The molecule has 1 unspecified atom stereocenters. The van der Waals surface area contributed by atoms with E-state index in [2.05, 4.69) is 20.9 Å². The van der Waals surface area contributed by atoms with Crippen molar-refractivity contribution in [3.8, 4) is 23.0 Å². The molecule has 196 valence electrons. The number of fused-ring (bicyclic) bond motifs is 4. The molecule has 3 aliphatic rings. The van der Waals surface area contributed by atoms with Crippen LogP contribution in [0.4, 0.5) is 29.5 Å². The third-order valence-electron chi connectivity index (χ3n) is 6.72. The lowest BCUT2D eigenvalue weighted by Crippen LogP contribution is -2.34. The Morgan fingerprint density at radius 1 is 1.13 bits per heavy atom. The van der Waals surface area contributed by atoms with Gasteiger partial charge in [-0.1, -0.05) is 0 Å². The molecule has 6 rings (SSSR count). The molecule has 3 amide bonds. The van der Waals surface area contributed by atoms with E-state index in [0.29, 0.717) is 35.9 Å². The van der Waals surface area contributed by atoms with Crippen LogP contribution in [0.1, 0.15) is 29.0 Å². The highest BCUT2D eigenvalue weighted by atomic mass is 19.4. The number of hydrogen-bond donors (Lipinski definition) is 3. The average Bonchev–Trinajstić information content (AvgIpc) is 3.39. The molecule has 0 radical (unpaired) electrons. The molecule has 1 aromatic heterocycles. The second-order valence-corrected chi connectivity index (χ2v) is 9.13. The summed E-state index contributed by atoms with van der Waals surface area (Å²) in [6, 6.07) is 9.45. The average molecular weight is 526 g/mol. The summed E-state index contributed by atoms with van der Waals surface area (Å²) in [6.45, 7) is 0. The normalized spacial score (nSPS) is 20.7. The van der Waals surface area contributed by atoms with Gasteiger partial charge in [-0.2, -0.15) is 13.2 Å². The third kappa shape index (κ3) is 4.31. The van der Waals surface area contributed by atoms with Crippen molar-refractivity contribution in [2.45, 2.75) is 37.1 Å². The van der Waals surface area contributed by atoms with Crippen molar-refractivity contribution >= 4 is 23.4 Å². The lowest BCUT2D eigenvalue weighted by atomic mass is 10.1. The van der Waals surface area contributed by atoms with E-state index in [0.717, 1.165) is 30.4 Å². The van der Waals surface area contributed by atoms with E-state index in [1.807, 2.05) is 6.07 Å². The maximum Gasteiger partial charge on any atom is 0.420 e. The maximum atomic E-state index is 13.3. The van der Waals surface area contributed by atoms with Crippen LogP contribution >= 0.6 is 0 Å². The smallest absolute Gasteiger partial charge is 0.420 e. The highest BCUT2D eigenvalue weighted by molar-refractivity contribution is 5.93. The summed E-state index contributed by atoms with van der Waals surface area (Å²) in [6.07, 6.45) is -2.49. The zero-order valence-corrected chi connectivity index (χ0v) is 19.9. The molecule has 3 heterocycles. The molecule has 1 saturated carbocycles. The van der Waals surface area contributed by atoms with Crippen LogP contribution in [0.25, 0.3) is 0 Å². The molecule has 38 heavy (non-hydrogen) atoms. The molecule has 3 N–H and O–H groups in total. The highest BCUT2D eigenvalue weighted by Crippen LogP contribution is 2.54. The van der Waals surface area contributed by atoms with E-state index in [1.54, 1.807) is 24.4 Å². The van der Waals surface area contributed by atoms with Crippen molar-refractivity contribution in [1.29, 1.82) is 0 Å². The van der Waals surface area contributed by atoms with Crippen LogP contribution in [-0.2, 0) is 17.4 Å². The number of ether oxygens (including phenoxy) is 3. The number of nitrogens with zero attached hydrogens (tertiary/aromatic N) is 1. The molecule has 9 nitrogen and oxygen atoms in total. The lowest BCUT2D eigenvalue weighted by Gasteiger charge is -2.19. The summed E-state index contributed by atoms with van der Waals surface area (Å²) in [7, 11) is 1.15. The number of nitrogens with one attached hydrogen (secondary N) is 3. The molecular weight excluding hydrogens is 505 g/mol. The Morgan fingerprint density at radius 2 is 1.97 bits per heavy atom. The van der Waals surface area contributed by atoms with Gasteiger partial charge < -0.3 is 30.2 Å².